The first-order chi connectivity index (χ1) is 11.1. The van der Waals surface area contributed by atoms with E-state index in [9.17, 15) is 9.90 Å². The number of aliphatic hydroxyl groups is 1. The smallest absolute Gasteiger partial charge is 0.253 e. The quantitative estimate of drug-likeness (QED) is 0.836. The van der Waals surface area contributed by atoms with Gasteiger partial charge in [0.15, 0.2) is 0 Å². The summed E-state index contributed by atoms with van der Waals surface area (Å²) in [6.07, 6.45) is -0.490. The Kier molecular flexibility index (Phi) is 6.53. The lowest BCUT2D eigenvalue weighted by molar-refractivity contribution is 0.0111. The van der Waals surface area contributed by atoms with Crippen LogP contribution in [0.15, 0.2) is 24.3 Å². The van der Waals surface area contributed by atoms with E-state index in [0.717, 1.165) is 13.1 Å². The number of carbonyl (C=O) groups is 1. The van der Waals surface area contributed by atoms with Crippen LogP contribution in [0.3, 0.4) is 0 Å². The van der Waals surface area contributed by atoms with Crippen molar-refractivity contribution >= 4 is 5.91 Å². The standard InChI is InChI=1S/C17H23N3O3/c1-2-23-13-16(21)12-19-7-9-20(10-8-19)17(22)15-5-3-14(11-18)4-6-15/h3-6,16,21H,2,7-10,12-13H2,1H3/t16-/m0/s1. The van der Waals surface area contributed by atoms with Crippen molar-refractivity contribution in [2.75, 3.05) is 45.9 Å². The number of aliphatic hydroxyl groups excluding tert-OH is 1. The topological polar surface area (TPSA) is 76.8 Å². The number of carbonyl (C=O) groups excluding carboxylic acids is 1. The summed E-state index contributed by atoms with van der Waals surface area (Å²) in [7, 11) is 0. The van der Waals surface area contributed by atoms with E-state index in [1.165, 1.54) is 0 Å². The summed E-state index contributed by atoms with van der Waals surface area (Å²) in [6.45, 7) is 6.18. The lowest BCUT2D eigenvalue weighted by Crippen LogP contribution is -2.50. The van der Waals surface area contributed by atoms with Crippen LogP contribution in [0.2, 0.25) is 0 Å². The molecule has 124 valence electrons. The van der Waals surface area contributed by atoms with Crippen LogP contribution in [0.1, 0.15) is 22.8 Å². The highest BCUT2D eigenvalue weighted by Gasteiger charge is 2.23. The Labute approximate surface area is 136 Å². The van der Waals surface area contributed by atoms with E-state index in [1.807, 2.05) is 17.9 Å². The molecule has 0 radical (unpaired) electrons. The minimum atomic E-state index is -0.490. The lowest BCUT2D eigenvalue weighted by atomic mass is 10.1. The molecule has 2 rings (SSSR count). The molecule has 23 heavy (non-hydrogen) atoms. The van der Waals surface area contributed by atoms with Gasteiger partial charge in [-0.1, -0.05) is 0 Å². The number of ether oxygens (including phenoxy) is 1. The molecule has 1 heterocycles. The first-order valence-corrected chi connectivity index (χ1v) is 7.91. The maximum atomic E-state index is 12.4. The van der Waals surface area contributed by atoms with Gasteiger partial charge in [-0.05, 0) is 31.2 Å². The monoisotopic (exact) mass is 317 g/mol. The molecule has 0 saturated carbocycles. The molecule has 1 fully saturated rings. The molecule has 1 aliphatic rings. The van der Waals surface area contributed by atoms with E-state index in [0.29, 0.717) is 44.0 Å². The van der Waals surface area contributed by atoms with Gasteiger partial charge < -0.3 is 14.7 Å². The van der Waals surface area contributed by atoms with E-state index >= 15 is 0 Å². The number of piperazine rings is 1. The second-order valence-electron chi connectivity index (χ2n) is 5.60. The van der Waals surface area contributed by atoms with Gasteiger partial charge in [-0.15, -0.1) is 0 Å². The summed E-state index contributed by atoms with van der Waals surface area (Å²) < 4.78 is 5.21. The van der Waals surface area contributed by atoms with Gasteiger partial charge in [0.1, 0.15) is 0 Å². The van der Waals surface area contributed by atoms with Crippen molar-refractivity contribution in [2.24, 2.45) is 0 Å². The maximum absolute atomic E-state index is 12.4. The Morgan fingerprint density at radius 2 is 1.96 bits per heavy atom. The predicted octanol–water partition coefficient (Wildman–Crippen LogP) is 0.713. The lowest BCUT2D eigenvalue weighted by Gasteiger charge is -2.35. The van der Waals surface area contributed by atoms with Crippen molar-refractivity contribution in [2.45, 2.75) is 13.0 Å². The minimum absolute atomic E-state index is 0.0102. The zero-order valence-corrected chi connectivity index (χ0v) is 13.4. The molecule has 0 spiro atoms. The van der Waals surface area contributed by atoms with Crippen molar-refractivity contribution in [3.63, 3.8) is 0 Å². The van der Waals surface area contributed by atoms with Crippen LogP contribution >= 0.6 is 0 Å². The number of rotatable bonds is 6. The molecule has 6 nitrogen and oxygen atoms in total. The third-order valence-electron chi connectivity index (χ3n) is 3.90. The highest BCUT2D eigenvalue weighted by Crippen LogP contribution is 2.10. The summed E-state index contributed by atoms with van der Waals surface area (Å²) in [5, 5.41) is 18.7. The molecule has 0 unspecified atom stereocenters. The number of nitriles is 1. The molecule has 6 heteroatoms. The summed E-state index contributed by atoms with van der Waals surface area (Å²) >= 11 is 0. The molecule has 1 aliphatic heterocycles. The number of hydrogen-bond donors (Lipinski definition) is 1. The molecule has 0 bridgehead atoms. The van der Waals surface area contributed by atoms with Crippen LogP contribution in [0.5, 0.6) is 0 Å². The summed E-state index contributed by atoms with van der Waals surface area (Å²) in [5.74, 6) is -0.0102. The van der Waals surface area contributed by atoms with Gasteiger partial charge in [0.2, 0.25) is 0 Å². The Morgan fingerprint density at radius 3 is 2.52 bits per heavy atom. The summed E-state index contributed by atoms with van der Waals surface area (Å²) in [5.41, 5.74) is 1.16. The molecular weight excluding hydrogens is 294 g/mol. The van der Waals surface area contributed by atoms with Crippen LogP contribution in [0, 0.1) is 11.3 Å². The third kappa shape index (κ3) is 5.03. The molecule has 1 aromatic carbocycles. The minimum Gasteiger partial charge on any atom is -0.389 e. The van der Waals surface area contributed by atoms with Crippen LogP contribution in [0.4, 0.5) is 0 Å². The fourth-order valence-electron chi connectivity index (χ4n) is 2.61. The first kappa shape index (κ1) is 17.4. The van der Waals surface area contributed by atoms with E-state index in [2.05, 4.69) is 4.90 Å². The fourth-order valence-corrected chi connectivity index (χ4v) is 2.61. The summed E-state index contributed by atoms with van der Waals surface area (Å²) in [4.78, 5) is 16.4. The van der Waals surface area contributed by atoms with Crippen molar-refractivity contribution < 1.29 is 14.6 Å². The number of benzene rings is 1. The van der Waals surface area contributed by atoms with Gasteiger partial charge in [0.05, 0.1) is 24.3 Å². The van der Waals surface area contributed by atoms with Gasteiger partial charge >= 0.3 is 0 Å². The van der Waals surface area contributed by atoms with Crippen LogP contribution in [-0.4, -0.2) is 72.9 Å². The van der Waals surface area contributed by atoms with Gasteiger partial charge in [-0.3, -0.25) is 9.69 Å². The van der Waals surface area contributed by atoms with E-state index in [1.54, 1.807) is 24.3 Å². The summed E-state index contributed by atoms with van der Waals surface area (Å²) in [6, 6.07) is 8.75. The Morgan fingerprint density at radius 1 is 1.30 bits per heavy atom. The maximum Gasteiger partial charge on any atom is 0.253 e. The molecule has 1 N–H and O–H groups in total. The van der Waals surface area contributed by atoms with E-state index < -0.39 is 6.10 Å². The third-order valence-corrected chi connectivity index (χ3v) is 3.90. The van der Waals surface area contributed by atoms with Gasteiger partial charge in [0.25, 0.3) is 5.91 Å². The molecule has 1 aromatic rings. The zero-order chi connectivity index (χ0) is 16.7. The van der Waals surface area contributed by atoms with Crippen LogP contribution in [0.25, 0.3) is 0 Å². The molecule has 0 aromatic heterocycles. The largest absolute Gasteiger partial charge is 0.389 e. The molecule has 0 aliphatic carbocycles. The number of amides is 1. The van der Waals surface area contributed by atoms with Crippen molar-refractivity contribution in [1.82, 2.24) is 9.80 Å². The molecular formula is C17H23N3O3. The van der Waals surface area contributed by atoms with Gasteiger partial charge in [-0.2, -0.15) is 5.26 Å². The Bertz CT molecular complexity index is 545. The predicted molar refractivity (Wildman–Crippen MR) is 86.0 cm³/mol. The van der Waals surface area contributed by atoms with Crippen LogP contribution in [-0.2, 0) is 4.74 Å². The average Bonchev–Trinajstić information content (AvgIpc) is 2.60. The second kappa shape index (κ2) is 8.63. The normalized spacial score (nSPS) is 16.8. The van der Waals surface area contributed by atoms with Crippen molar-refractivity contribution in [3.05, 3.63) is 35.4 Å². The molecule has 1 atom stereocenters. The van der Waals surface area contributed by atoms with Crippen LogP contribution < -0.4 is 0 Å². The number of hydrogen-bond acceptors (Lipinski definition) is 5. The Balaban J connectivity index is 1.81. The van der Waals surface area contributed by atoms with Crippen molar-refractivity contribution in [1.29, 1.82) is 5.26 Å². The molecule has 1 saturated heterocycles. The second-order valence-corrected chi connectivity index (χ2v) is 5.60. The molecule has 1 amide bonds. The Hall–Kier alpha value is -1.94. The van der Waals surface area contributed by atoms with E-state index in [4.69, 9.17) is 10.00 Å². The first-order valence-electron chi connectivity index (χ1n) is 7.91. The number of nitrogens with zero attached hydrogens (tertiary/aromatic N) is 3. The van der Waals surface area contributed by atoms with Crippen molar-refractivity contribution in [3.8, 4) is 6.07 Å². The highest BCUT2D eigenvalue weighted by molar-refractivity contribution is 5.94. The average molecular weight is 317 g/mol. The SMILES string of the molecule is CCOC[C@@H](O)CN1CCN(C(=O)c2ccc(C#N)cc2)CC1. The van der Waals surface area contributed by atoms with E-state index in [-0.39, 0.29) is 5.91 Å². The zero-order valence-electron chi connectivity index (χ0n) is 13.4. The fraction of sp³-hybridized carbons (Fsp3) is 0.529. The van der Waals surface area contributed by atoms with Gasteiger partial charge in [-0.25, -0.2) is 0 Å². The number of β-amino-alcohol motifs (C(OH)–C–C–N with tert-alkyl or cyclic N) is 1. The highest BCUT2D eigenvalue weighted by atomic mass is 16.5. The van der Waals surface area contributed by atoms with Gasteiger partial charge in [0, 0.05) is 44.9 Å².